The van der Waals surface area contributed by atoms with E-state index in [9.17, 15) is 4.79 Å². The SMILES string of the molecule is CC(C)CC(C)(CN)NC(=O)CCC1CCCCO1.Cl. The number of amides is 1. The molecule has 0 aromatic rings. The van der Waals surface area contributed by atoms with Crippen molar-refractivity contribution in [3.05, 3.63) is 0 Å². The number of carbonyl (C=O) groups is 1. The van der Waals surface area contributed by atoms with E-state index in [0.29, 0.717) is 18.9 Å². The Morgan fingerprint density at radius 1 is 1.45 bits per heavy atom. The molecule has 1 heterocycles. The van der Waals surface area contributed by atoms with E-state index in [1.165, 1.54) is 6.42 Å². The predicted octanol–water partition coefficient (Wildman–Crippen LogP) is 2.64. The first-order valence-electron chi connectivity index (χ1n) is 7.58. The summed E-state index contributed by atoms with van der Waals surface area (Å²) in [6.07, 6.45) is 6.02. The number of hydrogen-bond donors (Lipinski definition) is 2. The van der Waals surface area contributed by atoms with E-state index in [-0.39, 0.29) is 30.0 Å². The molecule has 1 fully saturated rings. The molecular formula is C15H31ClN2O2. The molecular weight excluding hydrogens is 276 g/mol. The molecule has 0 aromatic heterocycles. The normalized spacial score (nSPS) is 21.9. The first-order chi connectivity index (χ1) is 8.95. The number of halogens is 1. The van der Waals surface area contributed by atoms with Gasteiger partial charge >= 0.3 is 0 Å². The molecule has 4 nitrogen and oxygen atoms in total. The van der Waals surface area contributed by atoms with Crippen LogP contribution in [-0.4, -0.2) is 30.7 Å². The molecule has 0 bridgehead atoms. The summed E-state index contributed by atoms with van der Waals surface area (Å²) in [7, 11) is 0. The fourth-order valence-electron chi connectivity index (χ4n) is 2.81. The van der Waals surface area contributed by atoms with Gasteiger partial charge in [0.1, 0.15) is 0 Å². The van der Waals surface area contributed by atoms with Crippen LogP contribution < -0.4 is 11.1 Å². The van der Waals surface area contributed by atoms with Crippen LogP contribution in [-0.2, 0) is 9.53 Å². The van der Waals surface area contributed by atoms with Crippen LogP contribution in [0.4, 0.5) is 0 Å². The van der Waals surface area contributed by atoms with Crippen molar-refractivity contribution in [2.45, 2.75) is 70.9 Å². The molecule has 0 spiro atoms. The molecule has 1 amide bonds. The highest BCUT2D eigenvalue weighted by Gasteiger charge is 2.26. The fourth-order valence-corrected chi connectivity index (χ4v) is 2.81. The van der Waals surface area contributed by atoms with Crippen molar-refractivity contribution in [1.29, 1.82) is 0 Å². The van der Waals surface area contributed by atoms with Crippen LogP contribution in [0.5, 0.6) is 0 Å². The minimum absolute atomic E-state index is 0. The van der Waals surface area contributed by atoms with Gasteiger partial charge in [-0.05, 0) is 44.9 Å². The van der Waals surface area contributed by atoms with E-state index in [0.717, 1.165) is 32.3 Å². The molecule has 20 heavy (non-hydrogen) atoms. The maximum absolute atomic E-state index is 12.0. The van der Waals surface area contributed by atoms with Crippen LogP contribution in [0.25, 0.3) is 0 Å². The van der Waals surface area contributed by atoms with Crippen molar-refractivity contribution < 1.29 is 9.53 Å². The number of nitrogens with one attached hydrogen (secondary N) is 1. The first-order valence-corrected chi connectivity index (χ1v) is 7.58. The van der Waals surface area contributed by atoms with E-state index in [1.54, 1.807) is 0 Å². The highest BCUT2D eigenvalue weighted by Crippen LogP contribution is 2.18. The Kier molecular flexibility index (Phi) is 9.43. The second-order valence-electron chi connectivity index (χ2n) is 6.44. The second-order valence-corrected chi connectivity index (χ2v) is 6.44. The van der Waals surface area contributed by atoms with Crippen molar-refractivity contribution in [2.24, 2.45) is 11.7 Å². The first kappa shape index (κ1) is 19.7. The average Bonchev–Trinajstić information content (AvgIpc) is 2.36. The number of rotatable bonds is 7. The van der Waals surface area contributed by atoms with Gasteiger partial charge < -0.3 is 15.8 Å². The lowest BCUT2D eigenvalue weighted by Crippen LogP contribution is -2.52. The smallest absolute Gasteiger partial charge is 0.220 e. The van der Waals surface area contributed by atoms with Gasteiger partial charge in [0.05, 0.1) is 6.10 Å². The fraction of sp³-hybridized carbons (Fsp3) is 0.933. The molecule has 1 rings (SSSR count). The van der Waals surface area contributed by atoms with Crippen LogP contribution >= 0.6 is 12.4 Å². The molecule has 0 aromatic carbocycles. The quantitative estimate of drug-likeness (QED) is 0.760. The second kappa shape index (κ2) is 9.59. The maximum Gasteiger partial charge on any atom is 0.220 e. The molecule has 0 aliphatic carbocycles. The van der Waals surface area contributed by atoms with Crippen LogP contribution in [0.3, 0.4) is 0 Å². The van der Waals surface area contributed by atoms with Gasteiger partial charge in [0, 0.05) is 25.1 Å². The molecule has 1 aliphatic heterocycles. The van der Waals surface area contributed by atoms with E-state index in [2.05, 4.69) is 19.2 Å². The molecule has 120 valence electrons. The summed E-state index contributed by atoms with van der Waals surface area (Å²) in [5.74, 6) is 0.623. The monoisotopic (exact) mass is 306 g/mol. The summed E-state index contributed by atoms with van der Waals surface area (Å²) >= 11 is 0. The lowest BCUT2D eigenvalue weighted by Gasteiger charge is -2.31. The summed E-state index contributed by atoms with van der Waals surface area (Å²) < 4.78 is 5.64. The molecule has 1 aliphatic rings. The summed E-state index contributed by atoms with van der Waals surface area (Å²) in [6, 6.07) is 0. The van der Waals surface area contributed by atoms with Gasteiger partial charge in [-0.15, -0.1) is 12.4 Å². The van der Waals surface area contributed by atoms with E-state index >= 15 is 0 Å². The molecule has 1 saturated heterocycles. The summed E-state index contributed by atoms with van der Waals surface area (Å²) in [4.78, 5) is 12.0. The highest BCUT2D eigenvalue weighted by molar-refractivity contribution is 5.85. The Balaban J connectivity index is 0.00000361. The third-order valence-corrected chi connectivity index (χ3v) is 3.72. The molecule has 0 radical (unpaired) electrons. The van der Waals surface area contributed by atoms with Gasteiger partial charge in [0.25, 0.3) is 0 Å². The number of ether oxygens (including phenoxy) is 1. The minimum Gasteiger partial charge on any atom is -0.378 e. The zero-order valence-corrected chi connectivity index (χ0v) is 13.9. The maximum atomic E-state index is 12.0. The standard InChI is InChI=1S/C15H30N2O2.ClH/c1-12(2)10-15(3,11-16)17-14(18)8-7-13-6-4-5-9-19-13;/h12-13H,4-11,16H2,1-3H3,(H,17,18);1H. The topological polar surface area (TPSA) is 64.3 Å². The summed E-state index contributed by atoms with van der Waals surface area (Å²) in [5, 5.41) is 3.09. The Hall–Kier alpha value is -0.320. The molecule has 2 atom stereocenters. The highest BCUT2D eigenvalue weighted by atomic mass is 35.5. The van der Waals surface area contributed by atoms with Crippen LogP contribution in [0.1, 0.15) is 59.3 Å². The van der Waals surface area contributed by atoms with Gasteiger partial charge in [-0.3, -0.25) is 4.79 Å². The number of hydrogen-bond acceptors (Lipinski definition) is 3. The Morgan fingerprint density at radius 2 is 2.15 bits per heavy atom. The summed E-state index contributed by atoms with van der Waals surface area (Å²) in [6.45, 7) is 7.66. The Labute approximate surface area is 129 Å². The van der Waals surface area contributed by atoms with E-state index in [1.807, 2.05) is 6.92 Å². The zero-order chi connectivity index (χ0) is 14.3. The van der Waals surface area contributed by atoms with Gasteiger partial charge in [0.2, 0.25) is 5.91 Å². The molecule has 3 N–H and O–H groups in total. The van der Waals surface area contributed by atoms with Crippen molar-refractivity contribution in [2.75, 3.05) is 13.2 Å². The average molecular weight is 307 g/mol. The van der Waals surface area contributed by atoms with Crippen molar-refractivity contribution in [1.82, 2.24) is 5.32 Å². The van der Waals surface area contributed by atoms with Gasteiger partial charge in [-0.25, -0.2) is 0 Å². The van der Waals surface area contributed by atoms with Crippen molar-refractivity contribution in [3.63, 3.8) is 0 Å². The third-order valence-electron chi connectivity index (χ3n) is 3.72. The predicted molar refractivity (Wildman–Crippen MR) is 85.1 cm³/mol. The largest absolute Gasteiger partial charge is 0.378 e. The van der Waals surface area contributed by atoms with Crippen LogP contribution in [0.2, 0.25) is 0 Å². The minimum atomic E-state index is -0.279. The van der Waals surface area contributed by atoms with Crippen LogP contribution in [0, 0.1) is 5.92 Å². The number of nitrogens with two attached hydrogens (primary N) is 1. The van der Waals surface area contributed by atoms with Crippen molar-refractivity contribution >= 4 is 18.3 Å². The lowest BCUT2D eigenvalue weighted by atomic mass is 9.90. The van der Waals surface area contributed by atoms with Gasteiger partial charge in [-0.1, -0.05) is 13.8 Å². The molecule has 0 saturated carbocycles. The summed E-state index contributed by atoms with van der Waals surface area (Å²) in [5.41, 5.74) is 5.52. The Morgan fingerprint density at radius 3 is 2.65 bits per heavy atom. The van der Waals surface area contributed by atoms with Crippen LogP contribution in [0.15, 0.2) is 0 Å². The van der Waals surface area contributed by atoms with E-state index in [4.69, 9.17) is 10.5 Å². The Bertz CT molecular complexity index is 281. The number of carbonyl (C=O) groups excluding carboxylic acids is 1. The van der Waals surface area contributed by atoms with Gasteiger partial charge in [-0.2, -0.15) is 0 Å². The van der Waals surface area contributed by atoms with Gasteiger partial charge in [0.15, 0.2) is 0 Å². The molecule has 5 heteroatoms. The zero-order valence-electron chi connectivity index (χ0n) is 13.1. The van der Waals surface area contributed by atoms with Crippen molar-refractivity contribution in [3.8, 4) is 0 Å². The lowest BCUT2D eigenvalue weighted by molar-refractivity contribution is -0.124. The van der Waals surface area contributed by atoms with E-state index < -0.39 is 0 Å². The third kappa shape index (κ3) is 7.46. The molecule has 2 unspecified atom stereocenters.